The summed E-state index contributed by atoms with van der Waals surface area (Å²) in [6, 6.07) is 2.60. The molecule has 0 saturated heterocycles. The van der Waals surface area contributed by atoms with Gasteiger partial charge in [0.15, 0.2) is 11.0 Å². The van der Waals surface area contributed by atoms with Crippen LogP contribution in [-0.4, -0.2) is 39.8 Å². The number of Topliss-reactive ketones (excluding diaryl/α,β-unsaturated/α-hetero) is 1. The number of hydrogen-bond donors (Lipinski definition) is 3. The molecule has 9 nitrogen and oxygen atoms in total. The van der Waals surface area contributed by atoms with Crippen molar-refractivity contribution in [2.24, 2.45) is 16.5 Å². The lowest BCUT2D eigenvalue weighted by atomic mass is 10.1. The molecule has 0 spiro atoms. The maximum absolute atomic E-state index is 12.6. The van der Waals surface area contributed by atoms with Crippen LogP contribution in [0, 0.1) is 6.92 Å². The Bertz CT molecular complexity index is 871. The number of carbonyl (C=O) groups excluding carboxylic acids is 2. The quantitative estimate of drug-likeness (QED) is 0.238. The van der Waals surface area contributed by atoms with Crippen LogP contribution < -0.4 is 22.3 Å². The lowest BCUT2D eigenvalue weighted by Crippen LogP contribution is -2.43. The Morgan fingerprint density at radius 3 is 2.85 bits per heavy atom. The zero-order valence-corrected chi connectivity index (χ0v) is 15.7. The summed E-state index contributed by atoms with van der Waals surface area (Å²) in [5.74, 6) is -0.736. The van der Waals surface area contributed by atoms with Crippen LogP contribution in [-0.2, 0) is 11.3 Å². The Labute approximate surface area is 160 Å². The van der Waals surface area contributed by atoms with E-state index in [1.807, 2.05) is 0 Å². The van der Waals surface area contributed by atoms with Crippen LogP contribution in [0.1, 0.15) is 28.2 Å². The van der Waals surface area contributed by atoms with Gasteiger partial charge in [-0.2, -0.15) is 0 Å². The molecule has 2 aromatic rings. The molecule has 2 rings (SSSR count). The molecular formula is C17H22N6O3S. The number of aryl methyl sites for hydroxylation is 1. The fourth-order valence-electron chi connectivity index (χ4n) is 2.44. The van der Waals surface area contributed by atoms with Gasteiger partial charge in [-0.1, -0.05) is 6.07 Å². The van der Waals surface area contributed by atoms with Crippen molar-refractivity contribution in [1.29, 1.82) is 0 Å². The van der Waals surface area contributed by atoms with Gasteiger partial charge in [0, 0.05) is 29.9 Å². The van der Waals surface area contributed by atoms with Gasteiger partial charge in [-0.05, 0) is 25.8 Å². The van der Waals surface area contributed by atoms with Gasteiger partial charge in [0.05, 0.1) is 6.04 Å². The molecule has 0 unspecified atom stereocenters. The molecule has 1 amide bonds. The molecule has 10 heteroatoms. The number of amides is 1. The fraction of sp³-hybridized carbons (Fsp3) is 0.353. The first-order valence-corrected chi connectivity index (χ1v) is 9.21. The van der Waals surface area contributed by atoms with Gasteiger partial charge in [0.2, 0.25) is 11.7 Å². The molecule has 0 saturated carbocycles. The standard InChI is InChI=1S/C17H22N6O3S/c1-11-4-3-8-23(16(11)26)10-13(24)22-12(5-2-6-21-17(18)19)14(25)15-20-7-9-27-15/h3-4,7-9,12H,2,5-6,10H2,1H3,(H,22,24)(H4,18,19,21)/t12-/m0/s1. The van der Waals surface area contributed by atoms with E-state index in [2.05, 4.69) is 15.3 Å². The van der Waals surface area contributed by atoms with E-state index in [-0.39, 0.29) is 23.8 Å². The van der Waals surface area contributed by atoms with Crippen molar-refractivity contribution in [3.8, 4) is 0 Å². The Morgan fingerprint density at radius 1 is 1.41 bits per heavy atom. The van der Waals surface area contributed by atoms with Gasteiger partial charge < -0.3 is 21.4 Å². The van der Waals surface area contributed by atoms with Crippen LogP contribution in [0.4, 0.5) is 0 Å². The number of aromatic nitrogens is 2. The van der Waals surface area contributed by atoms with Crippen molar-refractivity contribution in [3.63, 3.8) is 0 Å². The number of aliphatic imine (C=N–C) groups is 1. The smallest absolute Gasteiger partial charge is 0.253 e. The van der Waals surface area contributed by atoms with Gasteiger partial charge >= 0.3 is 0 Å². The Morgan fingerprint density at radius 2 is 2.19 bits per heavy atom. The normalized spacial score (nSPS) is 11.6. The maximum Gasteiger partial charge on any atom is 0.253 e. The molecule has 0 aliphatic rings. The van der Waals surface area contributed by atoms with Crippen molar-refractivity contribution < 1.29 is 9.59 Å². The second-order valence-electron chi connectivity index (χ2n) is 5.89. The van der Waals surface area contributed by atoms with Crippen molar-refractivity contribution in [2.75, 3.05) is 6.54 Å². The number of nitrogens with two attached hydrogens (primary N) is 2. The van der Waals surface area contributed by atoms with E-state index >= 15 is 0 Å². The molecule has 27 heavy (non-hydrogen) atoms. The third-order valence-corrected chi connectivity index (χ3v) is 4.55. The highest BCUT2D eigenvalue weighted by atomic mass is 32.1. The van der Waals surface area contributed by atoms with Gasteiger partial charge in [0.25, 0.3) is 5.56 Å². The molecule has 5 N–H and O–H groups in total. The van der Waals surface area contributed by atoms with Crippen LogP contribution in [0.15, 0.2) is 39.7 Å². The SMILES string of the molecule is Cc1cccn(CC(=O)N[C@@H](CCCN=C(N)N)C(=O)c2nccs2)c1=O. The second-order valence-corrected chi connectivity index (χ2v) is 6.79. The highest BCUT2D eigenvalue weighted by molar-refractivity contribution is 7.11. The summed E-state index contributed by atoms with van der Waals surface area (Å²) >= 11 is 1.20. The van der Waals surface area contributed by atoms with E-state index in [1.165, 1.54) is 28.3 Å². The van der Waals surface area contributed by atoms with E-state index in [9.17, 15) is 14.4 Å². The highest BCUT2D eigenvalue weighted by Crippen LogP contribution is 2.11. The van der Waals surface area contributed by atoms with E-state index in [0.717, 1.165) is 0 Å². The summed E-state index contributed by atoms with van der Waals surface area (Å²) in [5.41, 5.74) is 10.9. The van der Waals surface area contributed by atoms with E-state index in [1.54, 1.807) is 24.4 Å². The first-order valence-electron chi connectivity index (χ1n) is 8.33. The number of nitrogens with zero attached hydrogens (tertiary/aromatic N) is 3. The molecule has 0 bridgehead atoms. The topological polar surface area (TPSA) is 145 Å². The number of hydrogen-bond acceptors (Lipinski definition) is 6. The number of guanidine groups is 1. The summed E-state index contributed by atoms with van der Waals surface area (Å²) in [5, 5.41) is 4.70. The number of ketones is 1. The third kappa shape index (κ3) is 6.03. The second kappa shape index (κ2) is 9.62. The Kier molecular flexibility index (Phi) is 7.24. The van der Waals surface area contributed by atoms with Crippen molar-refractivity contribution >= 4 is 29.0 Å². The molecule has 1 atom stereocenters. The summed E-state index contributed by atoms with van der Waals surface area (Å²) in [6.07, 6.45) is 3.92. The van der Waals surface area contributed by atoms with Gasteiger partial charge in [-0.25, -0.2) is 4.98 Å². The van der Waals surface area contributed by atoms with E-state index in [4.69, 9.17) is 11.5 Å². The zero-order valence-electron chi connectivity index (χ0n) is 14.9. The summed E-state index contributed by atoms with van der Waals surface area (Å²) in [7, 11) is 0. The minimum Gasteiger partial charge on any atom is -0.370 e. The number of thiazole rings is 1. The summed E-state index contributed by atoms with van der Waals surface area (Å²) < 4.78 is 1.30. The minimum atomic E-state index is -0.765. The average Bonchev–Trinajstić information content (AvgIpc) is 3.15. The maximum atomic E-state index is 12.6. The van der Waals surface area contributed by atoms with Crippen LogP contribution in [0.25, 0.3) is 0 Å². The number of nitrogens with one attached hydrogen (secondary N) is 1. The van der Waals surface area contributed by atoms with Crippen molar-refractivity contribution in [2.45, 2.75) is 32.4 Å². The van der Waals surface area contributed by atoms with Gasteiger partial charge in [0.1, 0.15) is 6.54 Å². The lowest BCUT2D eigenvalue weighted by molar-refractivity contribution is -0.122. The fourth-order valence-corrected chi connectivity index (χ4v) is 3.07. The molecule has 144 valence electrons. The third-order valence-electron chi connectivity index (χ3n) is 3.76. The largest absolute Gasteiger partial charge is 0.370 e. The Hall–Kier alpha value is -3.01. The predicted octanol–water partition coefficient (Wildman–Crippen LogP) is 0.0345. The molecule has 2 heterocycles. The summed E-state index contributed by atoms with van der Waals surface area (Å²) in [6.45, 7) is 1.85. The zero-order chi connectivity index (χ0) is 19.8. The molecular weight excluding hydrogens is 368 g/mol. The molecule has 2 aromatic heterocycles. The first kappa shape index (κ1) is 20.3. The highest BCUT2D eigenvalue weighted by Gasteiger charge is 2.24. The van der Waals surface area contributed by atoms with Gasteiger partial charge in [-0.3, -0.25) is 19.4 Å². The average molecular weight is 390 g/mol. The van der Waals surface area contributed by atoms with Gasteiger partial charge in [-0.15, -0.1) is 11.3 Å². The first-order chi connectivity index (χ1) is 12.9. The monoisotopic (exact) mass is 390 g/mol. The molecule has 0 radical (unpaired) electrons. The summed E-state index contributed by atoms with van der Waals surface area (Å²) in [4.78, 5) is 45.0. The van der Waals surface area contributed by atoms with Crippen LogP contribution in [0.3, 0.4) is 0 Å². The molecule has 0 aromatic carbocycles. The van der Waals surface area contributed by atoms with Crippen molar-refractivity contribution in [1.82, 2.24) is 14.9 Å². The lowest BCUT2D eigenvalue weighted by Gasteiger charge is -2.17. The van der Waals surface area contributed by atoms with Crippen LogP contribution in [0.2, 0.25) is 0 Å². The van der Waals surface area contributed by atoms with Crippen LogP contribution >= 0.6 is 11.3 Å². The van der Waals surface area contributed by atoms with E-state index < -0.39 is 11.9 Å². The van der Waals surface area contributed by atoms with Crippen molar-refractivity contribution in [3.05, 3.63) is 50.8 Å². The molecule has 0 fully saturated rings. The Balaban J connectivity index is 2.06. The number of pyridine rings is 1. The predicted molar refractivity (Wildman–Crippen MR) is 104 cm³/mol. The van der Waals surface area contributed by atoms with E-state index in [0.29, 0.717) is 30.0 Å². The minimum absolute atomic E-state index is 0.0272. The molecule has 0 aliphatic heterocycles. The van der Waals surface area contributed by atoms with Crippen LogP contribution in [0.5, 0.6) is 0 Å². The molecule has 0 aliphatic carbocycles. The number of carbonyl (C=O) groups is 2. The number of rotatable bonds is 9.